The van der Waals surface area contributed by atoms with E-state index in [1.807, 2.05) is 26.1 Å². The third kappa shape index (κ3) is 3.50. The van der Waals surface area contributed by atoms with Crippen LogP contribution < -0.4 is 15.0 Å². The van der Waals surface area contributed by atoms with Crippen molar-refractivity contribution in [3.8, 4) is 5.75 Å². The molecule has 1 saturated heterocycles. The predicted molar refractivity (Wildman–Crippen MR) is 139 cm³/mol. The number of amides is 1. The molecule has 1 amide bonds. The van der Waals surface area contributed by atoms with Crippen LogP contribution in [0.5, 0.6) is 5.75 Å². The molecule has 0 bridgehead atoms. The van der Waals surface area contributed by atoms with Gasteiger partial charge in [-0.15, -0.1) is 0 Å². The van der Waals surface area contributed by atoms with Crippen molar-refractivity contribution in [1.82, 2.24) is 10.2 Å². The summed E-state index contributed by atoms with van der Waals surface area (Å²) < 4.78 is 16.9. The van der Waals surface area contributed by atoms with Crippen molar-refractivity contribution >= 4 is 17.7 Å². The molecule has 0 radical (unpaired) electrons. The fourth-order valence-corrected chi connectivity index (χ4v) is 8.10. The highest BCUT2D eigenvalue weighted by Crippen LogP contribution is 2.67. The normalized spacial score (nSPS) is 35.4. The fourth-order valence-electron chi connectivity index (χ4n) is 8.10. The summed E-state index contributed by atoms with van der Waals surface area (Å²) in [6.45, 7) is 7.24. The number of alkyl carbamates (subject to hydrolysis) is 1. The first kappa shape index (κ1) is 25.9. The lowest BCUT2D eigenvalue weighted by atomic mass is 9.47. The number of carbonyl (C=O) groups is 2. The first-order chi connectivity index (χ1) is 17.7. The van der Waals surface area contributed by atoms with Crippen LogP contribution in [0.4, 0.5) is 10.5 Å². The van der Waals surface area contributed by atoms with E-state index in [1.165, 1.54) is 6.92 Å². The molecule has 1 aromatic rings. The zero-order valence-electron chi connectivity index (χ0n) is 22.5. The van der Waals surface area contributed by atoms with Crippen molar-refractivity contribution in [2.24, 2.45) is 5.41 Å². The molecule has 1 unspecified atom stereocenters. The average Bonchev–Trinajstić information content (AvgIpc) is 3.40. The number of aliphatic hydroxyl groups is 1. The molecule has 1 aliphatic carbocycles. The van der Waals surface area contributed by atoms with Crippen LogP contribution in [0.25, 0.3) is 0 Å². The Hall–Kier alpha value is -2.78. The second-order valence-electron chi connectivity index (χ2n) is 10.9. The standard InChI is InChI=1S/C28H39N3O6/c1-6-15-36-25(33)29-17-28(34)23-27(20-10-9-19(35-5)16-21(20)30(23)4)12-14-31-13-8-11-26(7-2,22(27)31)24(28)37-18(3)32/h8-11,16,22-24,34H,6-7,12-15,17H2,1-5H3,(H,29,33)/t22-,23+,24+,26+,27+,28?/m0/s1. The minimum Gasteiger partial charge on any atom is -0.497 e. The van der Waals surface area contributed by atoms with Gasteiger partial charge in [-0.2, -0.15) is 0 Å². The molecular weight excluding hydrogens is 474 g/mol. The molecule has 2 N–H and O–H groups in total. The maximum absolute atomic E-state index is 12.9. The second-order valence-corrected chi connectivity index (χ2v) is 10.9. The number of rotatable bonds is 7. The predicted octanol–water partition coefficient (Wildman–Crippen LogP) is 2.60. The summed E-state index contributed by atoms with van der Waals surface area (Å²) in [7, 11) is 3.62. The van der Waals surface area contributed by atoms with Gasteiger partial charge < -0.3 is 29.5 Å². The number of anilines is 1. The highest BCUT2D eigenvalue weighted by molar-refractivity contribution is 5.72. The number of methoxy groups -OCH3 is 1. The van der Waals surface area contributed by atoms with Crippen molar-refractivity contribution in [2.75, 3.05) is 45.3 Å². The molecule has 4 aliphatic rings. The van der Waals surface area contributed by atoms with E-state index < -0.39 is 40.6 Å². The van der Waals surface area contributed by atoms with E-state index in [9.17, 15) is 14.7 Å². The van der Waals surface area contributed by atoms with Gasteiger partial charge >= 0.3 is 12.1 Å². The molecule has 37 heavy (non-hydrogen) atoms. The van der Waals surface area contributed by atoms with E-state index in [-0.39, 0.29) is 19.2 Å². The molecule has 1 aromatic carbocycles. The van der Waals surface area contributed by atoms with Crippen LogP contribution in [0.3, 0.4) is 0 Å². The average molecular weight is 514 g/mol. The largest absolute Gasteiger partial charge is 0.497 e. The van der Waals surface area contributed by atoms with Crippen molar-refractivity contribution < 1.29 is 28.9 Å². The monoisotopic (exact) mass is 513 g/mol. The summed E-state index contributed by atoms with van der Waals surface area (Å²) in [6.07, 6.45) is 5.01. The van der Waals surface area contributed by atoms with E-state index in [1.54, 1.807) is 7.11 Å². The highest BCUT2D eigenvalue weighted by atomic mass is 16.6. The summed E-state index contributed by atoms with van der Waals surface area (Å²) in [5.74, 6) is 0.280. The summed E-state index contributed by atoms with van der Waals surface area (Å²) >= 11 is 0. The van der Waals surface area contributed by atoms with Crippen molar-refractivity contribution in [2.45, 2.75) is 69.2 Å². The Morgan fingerprint density at radius 2 is 2.03 bits per heavy atom. The molecule has 6 atom stereocenters. The zero-order valence-corrected chi connectivity index (χ0v) is 22.5. The van der Waals surface area contributed by atoms with Crippen LogP contribution in [-0.4, -0.2) is 86.3 Å². The number of nitrogens with one attached hydrogen (secondary N) is 1. The number of carbonyl (C=O) groups excluding carboxylic acids is 2. The van der Waals surface area contributed by atoms with Gasteiger partial charge in [0, 0.05) is 49.1 Å². The smallest absolute Gasteiger partial charge is 0.407 e. The van der Waals surface area contributed by atoms with Gasteiger partial charge in [0.05, 0.1) is 26.3 Å². The minimum atomic E-state index is -1.61. The van der Waals surface area contributed by atoms with E-state index in [2.05, 4.69) is 40.3 Å². The third-order valence-corrected chi connectivity index (χ3v) is 9.17. The Balaban J connectivity index is 1.72. The number of ether oxygens (including phenoxy) is 3. The quantitative estimate of drug-likeness (QED) is 0.424. The lowest BCUT2D eigenvalue weighted by Gasteiger charge is -2.64. The molecule has 3 heterocycles. The summed E-state index contributed by atoms with van der Waals surface area (Å²) in [5, 5.41) is 15.7. The number of benzene rings is 1. The number of fused-ring (bicyclic) bond motifs is 1. The summed E-state index contributed by atoms with van der Waals surface area (Å²) in [6, 6.07) is 5.67. The molecule has 9 nitrogen and oxygen atoms in total. The molecule has 1 saturated carbocycles. The Bertz CT molecular complexity index is 1110. The van der Waals surface area contributed by atoms with E-state index in [4.69, 9.17) is 14.2 Å². The van der Waals surface area contributed by atoms with Crippen molar-refractivity contribution in [3.63, 3.8) is 0 Å². The van der Waals surface area contributed by atoms with Crippen LogP contribution in [-0.2, 0) is 19.7 Å². The maximum Gasteiger partial charge on any atom is 0.407 e. The van der Waals surface area contributed by atoms with Gasteiger partial charge in [0.15, 0.2) is 0 Å². The van der Waals surface area contributed by atoms with E-state index in [0.29, 0.717) is 12.8 Å². The first-order valence-corrected chi connectivity index (χ1v) is 13.3. The second kappa shape index (κ2) is 9.20. The van der Waals surface area contributed by atoms with Gasteiger partial charge in [-0.05, 0) is 37.4 Å². The SMILES string of the molecule is CCCOC(=O)NCC1(O)[C@H](OC(C)=O)[C@]2(CC)C=CCN3CC[C@@]4(c5ccc(OC)cc5N(C)[C@@H]14)[C@@H]32. The Kier molecular flexibility index (Phi) is 6.43. The number of hydrogen-bond donors (Lipinski definition) is 2. The lowest BCUT2D eigenvalue weighted by Crippen LogP contribution is -2.81. The van der Waals surface area contributed by atoms with Crippen molar-refractivity contribution in [3.05, 3.63) is 35.9 Å². The molecule has 5 rings (SSSR count). The summed E-state index contributed by atoms with van der Waals surface area (Å²) in [5.41, 5.74) is -0.557. The van der Waals surface area contributed by atoms with Gasteiger partial charge in [0.25, 0.3) is 0 Å². The molecule has 0 aromatic heterocycles. The van der Waals surface area contributed by atoms with Crippen LogP contribution in [0, 0.1) is 5.41 Å². The van der Waals surface area contributed by atoms with Crippen LogP contribution in [0.1, 0.15) is 45.6 Å². The number of hydrogen-bond acceptors (Lipinski definition) is 8. The number of likely N-dealkylation sites (N-methyl/N-ethyl adjacent to an activating group) is 1. The fraction of sp³-hybridized carbons (Fsp3) is 0.643. The van der Waals surface area contributed by atoms with Crippen molar-refractivity contribution in [1.29, 1.82) is 0 Å². The Morgan fingerprint density at radius 1 is 1.24 bits per heavy atom. The number of nitrogens with zero attached hydrogens (tertiary/aromatic N) is 2. The van der Waals surface area contributed by atoms with E-state index >= 15 is 0 Å². The van der Waals surface area contributed by atoms with Crippen LogP contribution in [0.15, 0.2) is 30.4 Å². The van der Waals surface area contributed by atoms with Gasteiger partial charge in [-0.3, -0.25) is 9.69 Å². The molecule has 1 spiro atoms. The Morgan fingerprint density at radius 3 is 2.70 bits per heavy atom. The topological polar surface area (TPSA) is 101 Å². The third-order valence-electron chi connectivity index (χ3n) is 9.17. The first-order valence-electron chi connectivity index (χ1n) is 13.3. The highest BCUT2D eigenvalue weighted by Gasteiger charge is 2.77. The van der Waals surface area contributed by atoms with Gasteiger partial charge in [0.2, 0.25) is 0 Å². The number of esters is 1. The molecule has 2 fully saturated rings. The molecule has 202 valence electrons. The van der Waals surface area contributed by atoms with Crippen LogP contribution >= 0.6 is 0 Å². The Labute approximate surface area is 218 Å². The van der Waals surface area contributed by atoms with E-state index in [0.717, 1.165) is 36.5 Å². The zero-order chi connectivity index (χ0) is 26.6. The molecule has 3 aliphatic heterocycles. The van der Waals surface area contributed by atoms with Crippen LogP contribution in [0.2, 0.25) is 0 Å². The lowest BCUT2D eigenvalue weighted by molar-refractivity contribution is -0.217. The molecule has 9 heteroatoms. The van der Waals surface area contributed by atoms with Gasteiger partial charge in [0.1, 0.15) is 17.5 Å². The van der Waals surface area contributed by atoms with Gasteiger partial charge in [-0.25, -0.2) is 4.79 Å². The van der Waals surface area contributed by atoms with Gasteiger partial charge in [-0.1, -0.05) is 32.1 Å². The molecular formula is C28H39N3O6. The summed E-state index contributed by atoms with van der Waals surface area (Å²) in [4.78, 5) is 29.7. The maximum atomic E-state index is 12.9. The minimum absolute atomic E-state index is 0.00811.